The second-order valence-electron chi connectivity index (χ2n) is 10.4. The van der Waals surface area contributed by atoms with Gasteiger partial charge >= 0.3 is 10.8 Å². The van der Waals surface area contributed by atoms with Crippen LogP contribution in [0.1, 0.15) is 39.2 Å². The maximum Gasteiger partial charge on any atom is 0.338 e. The van der Waals surface area contributed by atoms with Crippen LogP contribution in [0.3, 0.4) is 0 Å². The average Bonchev–Trinajstić information content (AvgIpc) is 3.45. The molecule has 1 saturated heterocycles. The molecule has 0 saturated carbocycles. The molecule has 6 rings (SSSR count). The van der Waals surface area contributed by atoms with Crippen molar-refractivity contribution >= 4 is 58.2 Å². The Morgan fingerprint density at radius 3 is 2.34 bits per heavy atom. The number of ether oxygens (including phenoxy) is 1. The number of rotatable bonds is 7. The SMILES string of the molecule is CCOC(=O)c1ccc(N2C(=O)C3Sc4c(sc(=O)n4CC(=O)Nc4ccc(C)cc4)C(c4ccccc4O)C3C2=O)cc1. The smallest absolute Gasteiger partial charge is 0.338 e. The molecule has 2 aliphatic rings. The zero-order chi connectivity index (χ0) is 31.1. The van der Waals surface area contributed by atoms with E-state index < -0.39 is 45.6 Å². The van der Waals surface area contributed by atoms with Gasteiger partial charge in [0.25, 0.3) is 0 Å². The summed E-state index contributed by atoms with van der Waals surface area (Å²) in [5.41, 5.74) is 2.59. The van der Waals surface area contributed by atoms with Crippen LogP contribution in [0.5, 0.6) is 5.75 Å². The van der Waals surface area contributed by atoms with Crippen molar-refractivity contribution in [2.24, 2.45) is 5.92 Å². The van der Waals surface area contributed by atoms with Gasteiger partial charge in [-0.2, -0.15) is 0 Å². The van der Waals surface area contributed by atoms with E-state index in [1.165, 1.54) is 34.9 Å². The van der Waals surface area contributed by atoms with Crippen LogP contribution in [0.25, 0.3) is 0 Å². The summed E-state index contributed by atoms with van der Waals surface area (Å²) in [7, 11) is 0. The molecule has 44 heavy (non-hydrogen) atoms. The lowest BCUT2D eigenvalue weighted by Crippen LogP contribution is -2.33. The zero-order valence-corrected chi connectivity index (χ0v) is 25.3. The Labute approximate surface area is 260 Å². The number of imide groups is 1. The lowest BCUT2D eigenvalue weighted by molar-refractivity contribution is -0.122. The molecule has 12 heteroatoms. The highest BCUT2D eigenvalue weighted by atomic mass is 32.2. The number of aromatic nitrogens is 1. The lowest BCUT2D eigenvalue weighted by Gasteiger charge is -2.31. The number of phenolic OH excluding ortho intramolecular Hbond substituents is 1. The van der Waals surface area contributed by atoms with Gasteiger partial charge in [-0.25, -0.2) is 9.69 Å². The van der Waals surface area contributed by atoms with Gasteiger partial charge in [-0.15, -0.1) is 0 Å². The number of carbonyl (C=O) groups is 4. The molecule has 10 nitrogen and oxygen atoms in total. The number of nitrogens with zero attached hydrogens (tertiary/aromatic N) is 2. The number of benzene rings is 3. The summed E-state index contributed by atoms with van der Waals surface area (Å²) in [5, 5.41) is 13.2. The van der Waals surface area contributed by atoms with Crippen LogP contribution >= 0.6 is 23.1 Å². The zero-order valence-electron chi connectivity index (χ0n) is 23.7. The van der Waals surface area contributed by atoms with Crippen molar-refractivity contribution in [1.82, 2.24) is 4.57 Å². The second-order valence-corrected chi connectivity index (χ2v) is 12.5. The number of phenols is 1. The monoisotopic (exact) mass is 629 g/mol. The van der Waals surface area contributed by atoms with Crippen LogP contribution in [0.15, 0.2) is 82.6 Å². The summed E-state index contributed by atoms with van der Waals surface area (Å²) in [6, 6.07) is 19.8. The van der Waals surface area contributed by atoms with Crippen LogP contribution < -0.4 is 15.1 Å². The molecular formula is C32H27N3O7S2. The van der Waals surface area contributed by atoms with Gasteiger partial charge in [0.15, 0.2) is 0 Å². The number of thiazole rings is 1. The standard InChI is InChI=1S/C32H27N3O7S2/c1-3-42-31(40)18-10-14-20(15-11-18)35-28(38)25-24(21-6-4-5-7-22(21)36)27-30(43-26(25)29(35)39)34(32(41)44-27)16-23(37)33-19-12-8-17(2)9-13-19/h4-15,24-26,36H,3,16H2,1-2H3,(H,33,37). The molecule has 0 radical (unpaired) electrons. The number of fused-ring (bicyclic) bond motifs is 2. The molecule has 3 aromatic carbocycles. The fourth-order valence-electron chi connectivity index (χ4n) is 5.54. The van der Waals surface area contributed by atoms with Crippen molar-refractivity contribution in [3.8, 4) is 5.75 Å². The van der Waals surface area contributed by atoms with E-state index >= 15 is 0 Å². The Hall–Kier alpha value is -4.68. The van der Waals surface area contributed by atoms with Gasteiger partial charge in [0.05, 0.1) is 28.8 Å². The van der Waals surface area contributed by atoms with Crippen molar-refractivity contribution in [1.29, 1.82) is 0 Å². The molecule has 2 aliphatic heterocycles. The van der Waals surface area contributed by atoms with Gasteiger partial charge in [-0.05, 0) is 56.3 Å². The van der Waals surface area contributed by atoms with Crippen LogP contribution in [-0.4, -0.2) is 45.2 Å². The number of aryl methyl sites for hydroxylation is 1. The predicted molar refractivity (Wildman–Crippen MR) is 166 cm³/mol. The Bertz CT molecular complexity index is 1850. The van der Waals surface area contributed by atoms with E-state index in [1.54, 1.807) is 37.3 Å². The number of aromatic hydroxyl groups is 1. The lowest BCUT2D eigenvalue weighted by atomic mass is 9.82. The number of hydrogen-bond acceptors (Lipinski definition) is 9. The van der Waals surface area contributed by atoms with Gasteiger partial charge in [0.2, 0.25) is 17.7 Å². The minimum absolute atomic E-state index is 0.0731. The highest BCUT2D eigenvalue weighted by Crippen LogP contribution is 2.55. The first-order chi connectivity index (χ1) is 21.2. The molecule has 1 fully saturated rings. The summed E-state index contributed by atoms with van der Waals surface area (Å²) in [4.78, 5) is 67.6. The third-order valence-corrected chi connectivity index (χ3v) is 10.2. The Morgan fingerprint density at radius 2 is 1.66 bits per heavy atom. The number of nitrogens with one attached hydrogen (secondary N) is 1. The predicted octanol–water partition coefficient (Wildman–Crippen LogP) is 4.54. The minimum atomic E-state index is -0.926. The number of para-hydroxylation sites is 1. The number of hydrogen-bond donors (Lipinski definition) is 2. The molecule has 0 bridgehead atoms. The molecule has 3 heterocycles. The maximum atomic E-state index is 14.0. The van der Waals surface area contributed by atoms with E-state index in [1.807, 2.05) is 19.1 Å². The van der Waals surface area contributed by atoms with Gasteiger partial charge in [-0.1, -0.05) is 59.0 Å². The van der Waals surface area contributed by atoms with E-state index in [4.69, 9.17) is 4.74 Å². The quantitative estimate of drug-likeness (QED) is 0.225. The fourth-order valence-corrected chi connectivity index (χ4v) is 8.30. The van der Waals surface area contributed by atoms with Gasteiger partial charge in [-0.3, -0.25) is 23.7 Å². The minimum Gasteiger partial charge on any atom is -0.508 e. The van der Waals surface area contributed by atoms with Crippen LogP contribution in [0, 0.1) is 12.8 Å². The number of amides is 3. The molecule has 3 amide bonds. The average molecular weight is 630 g/mol. The molecule has 2 N–H and O–H groups in total. The summed E-state index contributed by atoms with van der Waals surface area (Å²) in [6.07, 6.45) is 0. The van der Waals surface area contributed by atoms with Gasteiger partial charge < -0.3 is 15.2 Å². The Kier molecular flexibility index (Phi) is 7.87. The summed E-state index contributed by atoms with van der Waals surface area (Å²) in [6.45, 7) is 3.55. The van der Waals surface area contributed by atoms with Crippen molar-refractivity contribution in [3.05, 3.63) is 104 Å². The first kappa shape index (κ1) is 29.4. The van der Waals surface area contributed by atoms with E-state index in [2.05, 4.69) is 5.32 Å². The topological polar surface area (TPSA) is 135 Å². The molecule has 0 spiro atoms. The number of anilines is 2. The third-order valence-electron chi connectivity index (χ3n) is 7.59. The van der Waals surface area contributed by atoms with Gasteiger partial charge in [0, 0.05) is 22.0 Å². The van der Waals surface area contributed by atoms with Crippen LogP contribution in [0.4, 0.5) is 11.4 Å². The van der Waals surface area contributed by atoms with Crippen LogP contribution in [-0.2, 0) is 25.7 Å². The van der Waals surface area contributed by atoms with Crippen LogP contribution in [0.2, 0.25) is 0 Å². The molecule has 0 aliphatic carbocycles. The molecule has 1 aromatic heterocycles. The van der Waals surface area contributed by atoms with E-state index in [0.717, 1.165) is 33.6 Å². The van der Waals surface area contributed by atoms with Gasteiger partial charge in [0.1, 0.15) is 17.5 Å². The maximum absolute atomic E-state index is 14.0. The third kappa shape index (κ3) is 5.20. The highest BCUT2D eigenvalue weighted by molar-refractivity contribution is 8.00. The Morgan fingerprint density at radius 1 is 0.955 bits per heavy atom. The number of esters is 1. The highest BCUT2D eigenvalue weighted by Gasteiger charge is 2.57. The van der Waals surface area contributed by atoms with E-state index in [9.17, 15) is 29.1 Å². The first-order valence-corrected chi connectivity index (χ1v) is 15.6. The fraction of sp³-hybridized carbons (Fsp3) is 0.219. The summed E-state index contributed by atoms with van der Waals surface area (Å²) in [5.74, 6) is -3.72. The number of thioether (sulfide) groups is 1. The van der Waals surface area contributed by atoms with E-state index in [-0.39, 0.29) is 30.2 Å². The normalized spacial score (nSPS) is 19.0. The van der Waals surface area contributed by atoms with E-state index in [0.29, 0.717) is 21.2 Å². The second kappa shape index (κ2) is 11.8. The summed E-state index contributed by atoms with van der Waals surface area (Å²) < 4.78 is 6.36. The first-order valence-electron chi connectivity index (χ1n) is 13.9. The van der Waals surface area contributed by atoms with Crippen molar-refractivity contribution in [2.75, 3.05) is 16.8 Å². The Balaban J connectivity index is 1.38. The molecular weight excluding hydrogens is 603 g/mol. The molecule has 3 atom stereocenters. The molecule has 4 aromatic rings. The molecule has 3 unspecified atom stereocenters. The van der Waals surface area contributed by atoms with Crippen molar-refractivity contribution < 1.29 is 29.0 Å². The van der Waals surface area contributed by atoms with Crippen molar-refractivity contribution in [2.45, 2.75) is 36.6 Å². The number of carbonyl (C=O) groups excluding carboxylic acids is 4. The largest absolute Gasteiger partial charge is 0.508 e. The van der Waals surface area contributed by atoms with Crippen molar-refractivity contribution in [3.63, 3.8) is 0 Å². The summed E-state index contributed by atoms with van der Waals surface area (Å²) >= 11 is 1.98. The molecule has 224 valence electrons.